The summed E-state index contributed by atoms with van der Waals surface area (Å²) in [6.07, 6.45) is 1.65. The van der Waals surface area contributed by atoms with Crippen molar-refractivity contribution in [3.63, 3.8) is 0 Å². The molecule has 1 amide bonds. The maximum Gasteiger partial charge on any atom is 0.255 e. The van der Waals surface area contributed by atoms with Gasteiger partial charge >= 0.3 is 0 Å². The monoisotopic (exact) mass is 320 g/mol. The second kappa shape index (κ2) is 6.69. The van der Waals surface area contributed by atoms with Gasteiger partial charge in [0.1, 0.15) is 19.5 Å². The third kappa shape index (κ3) is 3.16. The Bertz CT molecular complexity index is 674. The van der Waals surface area contributed by atoms with E-state index in [-0.39, 0.29) is 5.91 Å². The van der Waals surface area contributed by atoms with E-state index < -0.39 is 0 Å². The molecule has 116 valence electrons. The van der Waals surface area contributed by atoms with Crippen molar-refractivity contribution in [2.75, 3.05) is 25.5 Å². The molecule has 7 nitrogen and oxygen atoms in total. The summed E-state index contributed by atoms with van der Waals surface area (Å²) in [6.45, 7) is 1.49. The van der Waals surface area contributed by atoms with Crippen LogP contribution in [-0.4, -0.2) is 46.2 Å². The van der Waals surface area contributed by atoms with Gasteiger partial charge in [-0.05, 0) is 12.1 Å². The summed E-state index contributed by atoms with van der Waals surface area (Å²) in [5, 5.41) is 11.5. The maximum absolute atomic E-state index is 12.3. The molecule has 0 bridgehead atoms. The minimum Gasteiger partial charge on any atom is -0.486 e. The van der Waals surface area contributed by atoms with Gasteiger partial charge in [-0.1, -0.05) is 17.8 Å². The lowest BCUT2D eigenvalue weighted by molar-refractivity contribution is 0.0945. The first-order valence-corrected chi connectivity index (χ1v) is 7.88. The van der Waals surface area contributed by atoms with Gasteiger partial charge in [-0.2, -0.15) is 0 Å². The molecule has 0 unspecified atom stereocenters. The molecule has 0 spiro atoms. The van der Waals surface area contributed by atoms with Crippen molar-refractivity contribution in [2.24, 2.45) is 7.05 Å². The Kier molecular flexibility index (Phi) is 4.47. The van der Waals surface area contributed by atoms with E-state index in [0.29, 0.717) is 42.6 Å². The Morgan fingerprint density at radius 3 is 3.09 bits per heavy atom. The van der Waals surface area contributed by atoms with Gasteiger partial charge in [0.05, 0.1) is 5.56 Å². The quantitative estimate of drug-likeness (QED) is 0.657. The lowest BCUT2D eigenvalue weighted by atomic mass is 10.1. The largest absolute Gasteiger partial charge is 0.486 e. The van der Waals surface area contributed by atoms with Gasteiger partial charge in [0.15, 0.2) is 16.7 Å². The third-order valence-electron chi connectivity index (χ3n) is 3.10. The summed E-state index contributed by atoms with van der Waals surface area (Å²) in [7, 11) is 1.88. The van der Waals surface area contributed by atoms with Gasteiger partial charge in [0.2, 0.25) is 0 Å². The van der Waals surface area contributed by atoms with Crippen molar-refractivity contribution in [1.82, 2.24) is 20.1 Å². The van der Waals surface area contributed by atoms with Crippen LogP contribution >= 0.6 is 11.8 Å². The number of carbonyl (C=O) groups excluding carboxylic acids is 1. The van der Waals surface area contributed by atoms with E-state index >= 15 is 0 Å². The van der Waals surface area contributed by atoms with Crippen LogP contribution in [0, 0.1) is 0 Å². The molecule has 22 heavy (non-hydrogen) atoms. The number of benzene rings is 1. The van der Waals surface area contributed by atoms with E-state index in [0.717, 1.165) is 5.16 Å². The van der Waals surface area contributed by atoms with Crippen molar-refractivity contribution in [1.29, 1.82) is 0 Å². The van der Waals surface area contributed by atoms with Crippen LogP contribution in [0.3, 0.4) is 0 Å². The Morgan fingerprint density at radius 2 is 2.27 bits per heavy atom. The molecule has 1 aromatic carbocycles. The molecule has 0 aliphatic carbocycles. The summed E-state index contributed by atoms with van der Waals surface area (Å²) in [5.74, 6) is 1.69. The van der Waals surface area contributed by atoms with Gasteiger partial charge in [-0.25, -0.2) is 0 Å². The zero-order valence-electron chi connectivity index (χ0n) is 12.1. The smallest absolute Gasteiger partial charge is 0.255 e. The first-order valence-electron chi connectivity index (χ1n) is 6.89. The number of fused-ring (bicyclic) bond motifs is 1. The first-order chi connectivity index (χ1) is 10.8. The number of ether oxygens (including phenoxy) is 2. The van der Waals surface area contributed by atoms with E-state index in [1.165, 1.54) is 11.8 Å². The summed E-state index contributed by atoms with van der Waals surface area (Å²) in [5.41, 5.74) is 0.501. The average molecular weight is 320 g/mol. The number of para-hydroxylation sites is 1. The first kappa shape index (κ1) is 14.7. The second-order valence-corrected chi connectivity index (χ2v) is 5.72. The highest BCUT2D eigenvalue weighted by Crippen LogP contribution is 2.33. The van der Waals surface area contributed by atoms with E-state index in [9.17, 15) is 4.79 Å². The van der Waals surface area contributed by atoms with Crippen molar-refractivity contribution in [2.45, 2.75) is 5.16 Å². The molecule has 1 aromatic heterocycles. The maximum atomic E-state index is 12.3. The normalized spacial score (nSPS) is 13.0. The van der Waals surface area contributed by atoms with Gasteiger partial charge < -0.3 is 19.4 Å². The Labute approximate surface area is 132 Å². The topological polar surface area (TPSA) is 78.3 Å². The molecule has 1 aliphatic heterocycles. The Hall–Kier alpha value is -2.22. The second-order valence-electron chi connectivity index (χ2n) is 4.66. The number of carbonyl (C=O) groups is 1. The van der Waals surface area contributed by atoms with Crippen LogP contribution in [0.4, 0.5) is 0 Å². The van der Waals surface area contributed by atoms with Crippen LogP contribution in [-0.2, 0) is 7.05 Å². The third-order valence-corrected chi connectivity index (χ3v) is 4.14. The number of nitrogens with one attached hydrogen (secondary N) is 1. The SMILES string of the molecule is Cn1cnnc1SCCNC(=O)c1cccc2c1OCCO2. The summed E-state index contributed by atoms with van der Waals surface area (Å²) in [4.78, 5) is 12.3. The fourth-order valence-corrected chi connectivity index (χ4v) is 2.80. The predicted octanol–water partition coefficient (Wildman–Crippen LogP) is 1.11. The predicted molar refractivity (Wildman–Crippen MR) is 81.5 cm³/mol. The highest BCUT2D eigenvalue weighted by Gasteiger charge is 2.19. The van der Waals surface area contributed by atoms with E-state index in [1.807, 2.05) is 11.6 Å². The summed E-state index contributed by atoms with van der Waals surface area (Å²) in [6, 6.07) is 5.32. The van der Waals surface area contributed by atoms with Crippen LogP contribution in [0.5, 0.6) is 11.5 Å². The average Bonchev–Trinajstić information content (AvgIpc) is 2.96. The Balaban J connectivity index is 1.55. The lowest BCUT2D eigenvalue weighted by Gasteiger charge is -2.20. The number of amides is 1. The molecule has 1 aliphatic rings. The number of rotatable bonds is 5. The molecular weight excluding hydrogens is 304 g/mol. The van der Waals surface area contributed by atoms with Crippen LogP contribution in [0.2, 0.25) is 0 Å². The molecule has 0 radical (unpaired) electrons. The van der Waals surface area contributed by atoms with Crippen LogP contribution < -0.4 is 14.8 Å². The number of nitrogens with zero attached hydrogens (tertiary/aromatic N) is 3. The van der Waals surface area contributed by atoms with E-state index in [4.69, 9.17) is 9.47 Å². The Morgan fingerprint density at radius 1 is 1.41 bits per heavy atom. The zero-order valence-corrected chi connectivity index (χ0v) is 12.9. The van der Waals surface area contributed by atoms with Gasteiger partial charge in [-0.3, -0.25) is 4.79 Å². The fourth-order valence-electron chi connectivity index (χ4n) is 2.06. The highest BCUT2D eigenvalue weighted by atomic mass is 32.2. The molecule has 2 aromatic rings. The van der Waals surface area contributed by atoms with Crippen LogP contribution in [0.15, 0.2) is 29.7 Å². The lowest BCUT2D eigenvalue weighted by Crippen LogP contribution is -2.27. The standard InChI is InChI=1S/C14H16N4O3S/c1-18-9-16-17-14(18)22-8-5-15-13(19)10-3-2-4-11-12(10)21-7-6-20-11/h2-4,9H,5-8H2,1H3,(H,15,19). The molecule has 3 rings (SSSR count). The van der Waals surface area contributed by atoms with E-state index in [2.05, 4.69) is 15.5 Å². The molecule has 2 heterocycles. The molecule has 0 saturated heterocycles. The van der Waals surface area contributed by atoms with Crippen molar-refractivity contribution < 1.29 is 14.3 Å². The number of hydrogen-bond donors (Lipinski definition) is 1. The van der Waals surface area contributed by atoms with Crippen molar-refractivity contribution in [3.05, 3.63) is 30.1 Å². The highest BCUT2D eigenvalue weighted by molar-refractivity contribution is 7.99. The minimum absolute atomic E-state index is 0.166. The van der Waals surface area contributed by atoms with Crippen molar-refractivity contribution in [3.8, 4) is 11.5 Å². The van der Waals surface area contributed by atoms with Crippen LogP contribution in [0.25, 0.3) is 0 Å². The molecule has 0 atom stereocenters. The van der Waals surface area contributed by atoms with Crippen LogP contribution in [0.1, 0.15) is 10.4 Å². The molecule has 0 fully saturated rings. The molecule has 8 heteroatoms. The molecule has 0 saturated carbocycles. The summed E-state index contributed by atoms with van der Waals surface area (Å²) >= 11 is 1.54. The molecule has 1 N–H and O–H groups in total. The van der Waals surface area contributed by atoms with E-state index in [1.54, 1.807) is 24.5 Å². The number of aryl methyl sites for hydroxylation is 1. The van der Waals surface area contributed by atoms with Crippen molar-refractivity contribution >= 4 is 17.7 Å². The molecular formula is C14H16N4O3S. The number of thioether (sulfide) groups is 1. The van der Waals surface area contributed by atoms with Gasteiger partial charge in [-0.15, -0.1) is 10.2 Å². The zero-order chi connectivity index (χ0) is 15.4. The summed E-state index contributed by atoms with van der Waals surface area (Å²) < 4.78 is 12.9. The van der Waals surface area contributed by atoms with Gasteiger partial charge in [0.25, 0.3) is 5.91 Å². The number of aromatic nitrogens is 3. The fraction of sp³-hybridized carbons (Fsp3) is 0.357. The number of hydrogen-bond acceptors (Lipinski definition) is 6. The minimum atomic E-state index is -0.166. The van der Waals surface area contributed by atoms with Gasteiger partial charge in [0, 0.05) is 19.3 Å².